The summed E-state index contributed by atoms with van der Waals surface area (Å²) in [5.41, 5.74) is 4.11. The summed E-state index contributed by atoms with van der Waals surface area (Å²) in [5, 5.41) is 10.9. The minimum Gasteiger partial charge on any atom is -0.478 e. The van der Waals surface area contributed by atoms with E-state index in [9.17, 15) is 9.59 Å². The first-order valence-corrected chi connectivity index (χ1v) is 3.48. The Bertz CT molecular complexity index is 255. The molecule has 0 atom stereocenters. The number of primary amides is 1. The van der Waals surface area contributed by atoms with Crippen LogP contribution in [-0.2, 0) is 4.79 Å². The maximum atomic E-state index is 10.5. The minimum atomic E-state index is -1.10. The van der Waals surface area contributed by atoms with Gasteiger partial charge >= 0.3 is 12.0 Å². The number of hydrogen-bond donors (Lipinski definition) is 3. The van der Waals surface area contributed by atoms with Gasteiger partial charge in [-0.05, 0) is 12.8 Å². The zero-order valence-electron chi connectivity index (χ0n) is 6.46. The van der Waals surface area contributed by atoms with E-state index in [1.54, 1.807) is 0 Å². The number of carbonyl (C=O) groups excluding carboxylic acids is 1. The molecule has 1 aliphatic carbocycles. The van der Waals surface area contributed by atoms with Crippen molar-refractivity contribution in [3.05, 3.63) is 12.2 Å². The van der Waals surface area contributed by atoms with Crippen LogP contribution in [0.15, 0.2) is 12.2 Å². The number of carboxylic acids is 1. The number of nitrogens with one attached hydrogen (secondary N) is 1. The summed E-state index contributed by atoms with van der Waals surface area (Å²) in [4.78, 5) is 20.9. The molecule has 0 aromatic carbocycles. The first-order valence-electron chi connectivity index (χ1n) is 3.48. The molecule has 4 N–H and O–H groups in total. The molecule has 0 aromatic rings. The van der Waals surface area contributed by atoms with Crippen molar-refractivity contribution in [1.29, 1.82) is 0 Å². The molecular formula is C7H10N2O3. The Morgan fingerprint density at radius 3 is 2.25 bits per heavy atom. The Morgan fingerprint density at radius 1 is 1.50 bits per heavy atom. The van der Waals surface area contributed by atoms with Crippen LogP contribution in [0, 0.1) is 0 Å². The van der Waals surface area contributed by atoms with Crippen LogP contribution < -0.4 is 11.1 Å². The average Bonchev–Trinajstić information content (AvgIpc) is 2.66. The van der Waals surface area contributed by atoms with Gasteiger partial charge in [0.2, 0.25) is 0 Å². The molecule has 5 heteroatoms. The number of carboxylic acid groups (broad SMARTS) is 1. The van der Waals surface area contributed by atoms with E-state index >= 15 is 0 Å². The fourth-order valence-electron chi connectivity index (χ4n) is 1.07. The maximum absolute atomic E-state index is 10.5. The van der Waals surface area contributed by atoms with Crippen molar-refractivity contribution < 1.29 is 14.7 Å². The van der Waals surface area contributed by atoms with Gasteiger partial charge in [-0.15, -0.1) is 0 Å². The molecule has 12 heavy (non-hydrogen) atoms. The van der Waals surface area contributed by atoms with Gasteiger partial charge in [0.25, 0.3) is 0 Å². The van der Waals surface area contributed by atoms with Crippen molar-refractivity contribution >= 4 is 12.0 Å². The third kappa shape index (κ3) is 1.39. The van der Waals surface area contributed by atoms with Crippen LogP contribution in [0.1, 0.15) is 12.8 Å². The molecule has 0 radical (unpaired) electrons. The Balaban J connectivity index is 2.66. The highest BCUT2D eigenvalue weighted by Gasteiger charge is 2.48. The molecule has 0 heterocycles. The molecule has 0 aliphatic heterocycles. The number of urea groups is 1. The molecule has 1 fully saturated rings. The Morgan fingerprint density at radius 2 is 2.00 bits per heavy atom. The molecule has 1 rings (SSSR count). The van der Waals surface area contributed by atoms with Crippen molar-refractivity contribution in [2.75, 3.05) is 0 Å². The number of aliphatic carboxylic acids is 1. The third-order valence-electron chi connectivity index (χ3n) is 1.95. The second-order valence-electron chi connectivity index (χ2n) is 2.86. The number of nitrogens with two attached hydrogens (primary N) is 1. The highest BCUT2D eigenvalue weighted by molar-refractivity contribution is 5.91. The van der Waals surface area contributed by atoms with E-state index in [-0.39, 0.29) is 5.57 Å². The van der Waals surface area contributed by atoms with Gasteiger partial charge in [0.1, 0.15) is 0 Å². The largest absolute Gasteiger partial charge is 0.478 e. The van der Waals surface area contributed by atoms with Crippen molar-refractivity contribution in [2.45, 2.75) is 18.4 Å². The van der Waals surface area contributed by atoms with Crippen LogP contribution in [0.2, 0.25) is 0 Å². The average molecular weight is 170 g/mol. The SMILES string of the molecule is C=C(C(=O)O)C1(NC(N)=O)CC1. The summed E-state index contributed by atoms with van der Waals surface area (Å²) >= 11 is 0. The number of rotatable bonds is 3. The van der Waals surface area contributed by atoms with Gasteiger partial charge in [-0.2, -0.15) is 0 Å². The quantitative estimate of drug-likeness (QED) is 0.513. The van der Waals surface area contributed by atoms with Crippen molar-refractivity contribution in [3.63, 3.8) is 0 Å². The molecule has 0 saturated heterocycles. The lowest BCUT2D eigenvalue weighted by molar-refractivity contribution is -0.133. The van der Waals surface area contributed by atoms with Gasteiger partial charge in [0.05, 0.1) is 11.1 Å². The maximum Gasteiger partial charge on any atom is 0.333 e. The van der Waals surface area contributed by atoms with Crippen LogP contribution >= 0.6 is 0 Å². The van der Waals surface area contributed by atoms with E-state index in [2.05, 4.69) is 11.9 Å². The molecule has 66 valence electrons. The van der Waals surface area contributed by atoms with Gasteiger partial charge in [-0.3, -0.25) is 0 Å². The predicted molar refractivity (Wildman–Crippen MR) is 41.5 cm³/mol. The standard InChI is InChI=1S/C7H10N2O3/c1-4(5(10)11)7(2-3-7)9-6(8)12/h1-3H2,(H,10,11)(H3,8,9,12). The summed E-state index contributed by atoms with van der Waals surface area (Å²) in [6, 6.07) is -0.713. The highest BCUT2D eigenvalue weighted by atomic mass is 16.4. The van der Waals surface area contributed by atoms with Crippen molar-refractivity contribution in [3.8, 4) is 0 Å². The van der Waals surface area contributed by atoms with Crippen LogP contribution in [0.5, 0.6) is 0 Å². The molecule has 0 bridgehead atoms. The van der Waals surface area contributed by atoms with Gasteiger partial charge in [-0.25, -0.2) is 9.59 Å². The van der Waals surface area contributed by atoms with E-state index < -0.39 is 17.5 Å². The third-order valence-corrected chi connectivity index (χ3v) is 1.95. The molecule has 1 saturated carbocycles. The van der Waals surface area contributed by atoms with Gasteiger partial charge < -0.3 is 16.2 Å². The second kappa shape index (κ2) is 2.51. The Hall–Kier alpha value is -1.52. The molecule has 0 aromatic heterocycles. The van der Waals surface area contributed by atoms with Gasteiger partial charge in [-0.1, -0.05) is 6.58 Å². The summed E-state index contributed by atoms with van der Waals surface area (Å²) < 4.78 is 0. The number of carbonyl (C=O) groups is 2. The van der Waals surface area contributed by atoms with Crippen LogP contribution in [0.3, 0.4) is 0 Å². The Kier molecular flexibility index (Phi) is 1.79. The predicted octanol–water partition coefficient (Wildman–Crippen LogP) is -0.172. The minimum absolute atomic E-state index is 0.00120. The summed E-state index contributed by atoms with van der Waals surface area (Å²) in [6.45, 7) is 3.37. The van der Waals surface area contributed by atoms with E-state index in [1.807, 2.05) is 0 Å². The lowest BCUT2D eigenvalue weighted by Gasteiger charge is -2.14. The van der Waals surface area contributed by atoms with Gasteiger partial charge in [0, 0.05) is 0 Å². The van der Waals surface area contributed by atoms with Crippen LogP contribution in [-0.4, -0.2) is 22.6 Å². The summed E-state index contributed by atoms with van der Waals surface area (Å²) in [6.07, 6.45) is 1.20. The van der Waals surface area contributed by atoms with E-state index in [4.69, 9.17) is 10.8 Å². The molecule has 2 amide bonds. The van der Waals surface area contributed by atoms with E-state index in [0.717, 1.165) is 0 Å². The van der Waals surface area contributed by atoms with E-state index in [0.29, 0.717) is 12.8 Å². The fraction of sp³-hybridized carbons (Fsp3) is 0.429. The van der Waals surface area contributed by atoms with Crippen LogP contribution in [0.4, 0.5) is 4.79 Å². The summed E-state index contributed by atoms with van der Waals surface area (Å²) in [7, 11) is 0. The van der Waals surface area contributed by atoms with Crippen LogP contribution in [0.25, 0.3) is 0 Å². The summed E-state index contributed by atoms with van der Waals surface area (Å²) in [5.74, 6) is -1.10. The molecule has 0 unspecified atom stereocenters. The molecular weight excluding hydrogens is 160 g/mol. The number of hydrogen-bond acceptors (Lipinski definition) is 2. The lowest BCUT2D eigenvalue weighted by atomic mass is 10.1. The normalized spacial score (nSPS) is 18.0. The second-order valence-corrected chi connectivity index (χ2v) is 2.86. The first-order chi connectivity index (χ1) is 5.48. The van der Waals surface area contributed by atoms with Gasteiger partial charge in [0.15, 0.2) is 0 Å². The number of amides is 2. The van der Waals surface area contributed by atoms with Crippen molar-refractivity contribution in [1.82, 2.24) is 5.32 Å². The zero-order valence-corrected chi connectivity index (χ0v) is 6.46. The molecule has 5 nitrogen and oxygen atoms in total. The monoisotopic (exact) mass is 170 g/mol. The fourth-order valence-corrected chi connectivity index (χ4v) is 1.07. The highest BCUT2D eigenvalue weighted by Crippen LogP contribution is 2.41. The van der Waals surface area contributed by atoms with E-state index in [1.165, 1.54) is 0 Å². The topological polar surface area (TPSA) is 92.4 Å². The smallest absolute Gasteiger partial charge is 0.333 e. The van der Waals surface area contributed by atoms with Crippen molar-refractivity contribution in [2.24, 2.45) is 5.73 Å². The zero-order chi connectivity index (χ0) is 9.35. The Labute approximate surface area is 69.2 Å². The molecule has 1 aliphatic rings. The lowest BCUT2D eigenvalue weighted by Crippen LogP contribution is -2.43. The first kappa shape index (κ1) is 8.58. The molecule has 0 spiro atoms.